The Kier molecular flexibility index (Phi) is 11.0. The lowest BCUT2D eigenvalue weighted by Crippen LogP contribution is -2.53. The zero-order valence-corrected chi connectivity index (χ0v) is 24.8. The number of halogens is 3. The first-order valence-electron chi connectivity index (χ1n) is 12.6. The summed E-state index contributed by atoms with van der Waals surface area (Å²) < 4.78 is 40.2. The molecule has 2 amide bonds. The first-order valence-corrected chi connectivity index (χ1v) is 15.2. The molecule has 0 saturated carbocycles. The zero-order chi connectivity index (χ0) is 29.4. The lowest BCUT2D eigenvalue weighted by Gasteiger charge is -2.33. The van der Waals surface area contributed by atoms with E-state index in [1.165, 1.54) is 11.0 Å². The molecule has 3 rings (SSSR count). The van der Waals surface area contributed by atoms with Gasteiger partial charge in [0.05, 0.1) is 17.0 Å². The number of carbonyl (C=O) groups is 2. The fraction of sp³-hybridized carbons (Fsp3) is 0.310. The van der Waals surface area contributed by atoms with Crippen LogP contribution in [-0.2, 0) is 32.6 Å². The number of benzene rings is 3. The van der Waals surface area contributed by atoms with Crippen LogP contribution in [-0.4, -0.2) is 50.5 Å². The van der Waals surface area contributed by atoms with Crippen LogP contribution in [0.25, 0.3) is 0 Å². The van der Waals surface area contributed by atoms with Gasteiger partial charge in [-0.05, 0) is 47.4 Å². The summed E-state index contributed by atoms with van der Waals surface area (Å²) in [5, 5.41) is 3.08. The molecule has 3 aromatic carbocycles. The number of hydrogen-bond donors (Lipinski definition) is 1. The summed E-state index contributed by atoms with van der Waals surface area (Å²) in [4.78, 5) is 28.9. The van der Waals surface area contributed by atoms with E-state index in [1.807, 2.05) is 44.2 Å². The molecule has 0 aliphatic carbocycles. The summed E-state index contributed by atoms with van der Waals surface area (Å²) >= 11 is 12.1. The van der Waals surface area contributed by atoms with Crippen molar-refractivity contribution >= 4 is 50.7 Å². The maximum Gasteiger partial charge on any atom is 0.244 e. The molecule has 40 heavy (non-hydrogen) atoms. The molecule has 11 heteroatoms. The van der Waals surface area contributed by atoms with Gasteiger partial charge in [-0.1, -0.05) is 79.5 Å². The van der Waals surface area contributed by atoms with Gasteiger partial charge in [0.15, 0.2) is 0 Å². The minimum absolute atomic E-state index is 0.00618. The molecule has 1 atom stereocenters. The quantitative estimate of drug-likeness (QED) is 0.302. The maximum atomic E-state index is 14.0. The highest BCUT2D eigenvalue weighted by molar-refractivity contribution is 7.92. The van der Waals surface area contributed by atoms with Crippen LogP contribution in [0.15, 0.2) is 72.8 Å². The van der Waals surface area contributed by atoms with Gasteiger partial charge >= 0.3 is 0 Å². The molecular formula is C29H32Cl2FN3O4S. The van der Waals surface area contributed by atoms with Crippen molar-refractivity contribution < 1.29 is 22.4 Å². The summed E-state index contributed by atoms with van der Waals surface area (Å²) in [5.74, 6) is -1.56. The molecule has 0 radical (unpaired) electrons. The van der Waals surface area contributed by atoms with E-state index in [2.05, 4.69) is 5.32 Å². The Labute approximate surface area is 244 Å². The second kappa shape index (κ2) is 14.0. The van der Waals surface area contributed by atoms with Crippen molar-refractivity contribution in [2.24, 2.45) is 5.92 Å². The van der Waals surface area contributed by atoms with Crippen LogP contribution in [0, 0.1) is 11.7 Å². The highest BCUT2D eigenvalue weighted by Gasteiger charge is 2.33. The predicted octanol–water partition coefficient (Wildman–Crippen LogP) is 5.31. The number of hydrogen-bond acceptors (Lipinski definition) is 4. The third-order valence-electron chi connectivity index (χ3n) is 6.07. The molecule has 0 saturated heterocycles. The third kappa shape index (κ3) is 8.94. The van der Waals surface area contributed by atoms with Gasteiger partial charge in [-0.2, -0.15) is 0 Å². The molecule has 0 heterocycles. The van der Waals surface area contributed by atoms with E-state index in [1.54, 1.807) is 24.3 Å². The van der Waals surface area contributed by atoms with Crippen LogP contribution in [0.5, 0.6) is 0 Å². The molecule has 214 valence electrons. The van der Waals surface area contributed by atoms with Crippen molar-refractivity contribution in [3.05, 3.63) is 99.8 Å². The van der Waals surface area contributed by atoms with Crippen LogP contribution in [0.2, 0.25) is 10.0 Å². The Hall–Kier alpha value is -3.14. The van der Waals surface area contributed by atoms with Crippen molar-refractivity contribution in [3.8, 4) is 0 Å². The Morgan fingerprint density at radius 3 is 2.23 bits per heavy atom. The molecule has 1 unspecified atom stereocenters. The van der Waals surface area contributed by atoms with E-state index in [-0.39, 0.29) is 35.5 Å². The third-order valence-corrected chi connectivity index (χ3v) is 7.73. The number of rotatable bonds is 12. The fourth-order valence-corrected chi connectivity index (χ4v) is 5.29. The first-order chi connectivity index (χ1) is 18.8. The molecule has 1 N–H and O–H groups in total. The van der Waals surface area contributed by atoms with Gasteiger partial charge in [0.1, 0.15) is 18.4 Å². The van der Waals surface area contributed by atoms with E-state index >= 15 is 0 Å². The normalized spacial score (nSPS) is 12.2. The Bertz CT molecular complexity index is 1440. The van der Waals surface area contributed by atoms with E-state index < -0.39 is 34.3 Å². The zero-order valence-electron chi connectivity index (χ0n) is 22.5. The lowest BCUT2D eigenvalue weighted by atomic mass is 10.0. The van der Waals surface area contributed by atoms with Gasteiger partial charge in [0.25, 0.3) is 0 Å². The summed E-state index contributed by atoms with van der Waals surface area (Å²) in [6.45, 7) is 3.67. The second-order valence-electron chi connectivity index (χ2n) is 9.86. The van der Waals surface area contributed by atoms with Crippen molar-refractivity contribution in [3.63, 3.8) is 0 Å². The predicted molar refractivity (Wildman–Crippen MR) is 157 cm³/mol. The topological polar surface area (TPSA) is 86.8 Å². The average molecular weight is 609 g/mol. The molecule has 0 bridgehead atoms. The summed E-state index contributed by atoms with van der Waals surface area (Å²) in [6.07, 6.45) is 1.13. The molecule has 7 nitrogen and oxygen atoms in total. The van der Waals surface area contributed by atoms with Crippen molar-refractivity contribution in [1.29, 1.82) is 0 Å². The SMILES string of the molecule is CC(C)CNC(=O)C(Cc1ccccc1)N(Cc1cccc(Cl)c1)C(=O)CN(c1ccc(F)c(Cl)c1)S(C)(=O)=O. The number of sulfonamides is 1. The first kappa shape index (κ1) is 31.4. The standard InChI is InChI=1S/C29H32Cl2FN3O4S/c1-20(2)17-33-29(37)27(15-21-8-5-4-6-9-21)34(18-22-10-7-11-23(30)14-22)28(36)19-35(40(3,38)39)24-12-13-26(32)25(31)16-24/h4-14,16,20,27H,15,17-19H2,1-3H3,(H,33,37). The molecule has 0 fully saturated rings. The number of anilines is 1. The molecule has 0 aliphatic heterocycles. The number of amides is 2. The number of nitrogens with one attached hydrogen (secondary N) is 1. The minimum Gasteiger partial charge on any atom is -0.354 e. The van der Waals surface area contributed by atoms with Crippen LogP contribution < -0.4 is 9.62 Å². The van der Waals surface area contributed by atoms with Crippen molar-refractivity contribution in [2.75, 3.05) is 23.7 Å². The van der Waals surface area contributed by atoms with Crippen molar-refractivity contribution in [2.45, 2.75) is 32.9 Å². The van der Waals surface area contributed by atoms with Crippen LogP contribution in [0.3, 0.4) is 0 Å². The van der Waals surface area contributed by atoms with Crippen molar-refractivity contribution in [1.82, 2.24) is 10.2 Å². The second-order valence-corrected chi connectivity index (χ2v) is 12.6. The minimum atomic E-state index is -4.00. The van der Waals surface area contributed by atoms with E-state index in [9.17, 15) is 22.4 Å². The summed E-state index contributed by atoms with van der Waals surface area (Å²) in [6, 6.07) is 18.5. The molecule has 3 aromatic rings. The van der Waals surface area contributed by atoms with Gasteiger partial charge in [0, 0.05) is 24.5 Å². The number of nitrogens with zero attached hydrogens (tertiary/aromatic N) is 2. The smallest absolute Gasteiger partial charge is 0.244 e. The van der Waals surface area contributed by atoms with Gasteiger partial charge in [0.2, 0.25) is 21.8 Å². The van der Waals surface area contributed by atoms with Crippen LogP contribution >= 0.6 is 23.2 Å². The Morgan fingerprint density at radius 1 is 0.950 bits per heavy atom. The fourth-order valence-electron chi connectivity index (χ4n) is 4.06. The van der Waals surface area contributed by atoms with Gasteiger partial charge in [-0.25, -0.2) is 12.8 Å². The number of carbonyl (C=O) groups excluding carboxylic acids is 2. The average Bonchev–Trinajstić information content (AvgIpc) is 2.89. The molecule has 0 aliphatic rings. The van der Waals surface area contributed by atoms with E-state index in [0.29, 0.717) is 17.1 Å². The van der Waals surface area contributed by atoms with Gasteiger partial charge < -0.3 is 10.2 Å². The largest absolute Gasteiger partial charge is 0.354 e. The monoisotopic (exact) mass is 607 g/mol. The Morgan fingerprint density at radius 2 is 1.62 bits per heavy atom. The molecular weight excluding hydrogens is 576 g/mol. The molecule has 0 spiro atoms. The summed E-state index contributed by atoms with van der Waals surface area (Å²) in [7, 11) is -4.00. The summed E-state index contributed by atoms with van der Waals surface area (Å²) in [5.41, 5.74) is 1.50. The van der Waals surface area contributed by atoms with Crippen LogP contribution in [0.4, 0.5) is 10.1 Å². The lowest BCUT2D eigenvalue weighted by molar-refractivity contribution is -0.140. The van der Waals surface area contributed by atoms with E-state index in [4.69, 9.17) is 23.2 Å². The van der Waals surface area contributed by atoms with Gasteiger partial charge in [-0.3, -0.25) is 13.9 Å². The molecule has 0 aromatic heterocycles. The maximum absolute atomic E-state index is 14.0. The highest BCUT2D eigenvalue weighted by Crippen LogP contribution is 2.25. The highest BCUT2D eigenvalue weighted by atomic mass is 35.5. The van der Waals surface area contributed by atoms with Gasteiger partial charge in [-0.15, -0.1) is 0 Å². The van der Waals surface area contributed by atoms with Crippen LogP contribution in [0.1, 0.15) is 25.0 Å². The van der Waals surface area contributed by atoms with E-state index in [0.717, 1.165) is 28.3 Å². The Balaban J connectivity index is 2.06.